The summed E-state index contributed by atoms with van der Waals surface area (Å²) in [6.45, 7) is 25.7. The predicted molar refractivity (Wildman–Crippen MR) is 270 cm³/mol. The van der Waals surface area contributed by atoms with Crippen molar-refractivity contribution in [2.75, 3.05) is 0 Å². The Bertz CT molecular complexity index is 2680. The van der Waals surface area contributed by atoms with Gasteiger partial charge in [-0.1, -0.05) is 198 Å². The lowest BCUT2D eigenvalue weighted by Gasteiger charge is -2.22. The summed E-state index contributed by atoms with van der Waals surface area (Å²) in [4.78, 5) is 1.26. The van der Waals surface area contributed by atoms with Gasteiger partial charge in [-0.15, -0.1) is 11.3 Å². The lowest BCUT2D eigenvalue weighted by atomic mass is 9.81. The maximum atomic E-state index is 12.2. The largest absolute Gasteiger partial charge is 0.207 e. The summed E-state index contributed by atoms with van der Waals surface area (Å²) in [5.74, 6) is 0.412. The van der Waals surface area contributed by atoms with Crippen LogP contribution >= 0.6 is 11.3 Å². The van der Waals surface area contributed by atoms with Crippen molar-refractivity contribution in [1.82, 2.24) is 0 Å². The highest BCUT2D eigenvalue weighted by Gasteiger charge is 2.36. The van der Waals surface area contributed by atoms with Crippen LogP contribution in [0.1, 0.15) is 102 Å². The molecule has 0 saturated carbocycles. The van der Waals surface area contributed by atoms with Gasteiger partial charge in [-0.2, -0.15) is 0 Å². The summed E-state index contributed by atoms with van der Waals surface area (Å²) in [6.07, 6.45) is 7.37. The molecule has 0 spiro atoms. The molecule has 0 atom stereocenters. The molecule has 0 N–H and O–H groups in total. The smallest absolute Gasteiger partial charge is 0.123 e. The van der Waals surface area contributed by atoms with Crippen LogP contribution in [0.4, 0.5) is 4.39 Å². The number of fused-ring (bicyclic) bond motifs is 6. The van der Waals surface area contributed by atoms with E-state index in [1.807, 2.05) is 54.7 Å². The molecular formula is C59H63FS. The van der Waals surface area contributed by atoms with E-state index in [1.165, 1.54) is 93.5 Å². The van der Waals surface area contributed by atoms with E-state index in [4.69, 9.17) is 0 Å². The van der Waals surface area contributed by atoms with Gasteiger partial charge in [-0.05, 0) is 132 Å². The SMILES string of the molecule is C=Cc1sc2ccc(C(C)C)cc2c1/C=C\C.CCc1ccccc1.Cc1ccc2c(c1)C(C)(C)c1cc(C)c3ccccc3c1-2.Cc1cccc(F)c1.Cc1ccccc1. The monoisotopic (exact) mass is 822 g/mol. The van der Waals surface area contributed by atoms with Gasteiger partial charge in [0.15, 0.2) is 0 Å². The van der Waals surface area contributed by atoms with Crippen molar-refractivity contribution in [2.24, 2.45) is 0 Å². The number of benzene rings is 7. The van der Waals surface area contributed by atoms with E-state index in [1.54, 1.807) is 6.07 Å². The second-order valence-corrected chi connectivity index (χ2v) is 17.7. The Hall–Kier alpha value is -5.83. The fourth-order valence-electron chi connectivity index (χ4n) is 7.73. The van der Waals surface area contributed by atoms with Crippen LogP contribution in [0.2, 0.25) is 0 Å². The zero-order valence-corrected chi connectivity index (χ0v) is 38.8. The van der Waals surface area contributed by atoms with Crippen LogP contribution in [0.25, 0.3) is 44.1 Å². The summed E-state index contributed by atoms with van der Waals surface area (Å²) in [6, 6.07) is 52.1. The Morgan fingerprint density at radius 2 is 1.26 bits per heavy atom. The number of allylic oxidation sites excluding steroid dienone is 1. The molecule has 1 heterocycles. The van der Waals surface area contributed by atoms with Gasteiger partial charge in [0.25, 0.3) is 0 Å². The van der Waals surface area contributed by atoms with E-state index in [2.05, 4.69) is 184 Å². The van der Waals surface area contributed by atoms with Crippen molar-refractivity contribution in [3.63, 3.8) is 0 Å². The molecule has 61 heavy (non-hydrogen) atoms. The fraction of sp³-hybridized carbons (Fsp3) is 0.220. The highest BCUT2D eigenvalue weighted by molar-refractivity contribution is 7.20. The van der Waals surface area contributed by atoms with Crippen LogP contribution in [-0.4, -0.2) is 0 Å². The van der Waals surface area contributed by atoms with E-state index in [-0.39, 0.29) is 11.2 Å². The molecule has 2 heteroatoms. The van der Waals surface area contributed by atoms with Gasteiger partial charge in [0.05, 0.1) is 0 Å². The topological polar surface area (TPSA) is 0 Å². The number of halogens is 1. The van der Waals surface area contributed by atoms with Crippen LogP contribution < -0.4 is 0 Å². The highest BCUT2D eigenvalue weighted by atomic mass is 32.1. The summed E-state index contributed by atoms with van der Waals surface area (Å²) in [7, 11) is 0. The number of hydrogen-bond donors (Lipinski definition) is 0. The highest BCUT2D eigenvalue weighted by Crippen LogP contribution is 2.52. The van der Waals surface area contributed by atoms with Crippen LogP contribution in [0.5, 0.6) is 0 Å². The third-order valence-electron chi connectivity index (χ3n) is 11.2. The van der Waals surface area contributed by atoms with Crippen molar-refractivity contribution in [1.29, 1.82) is 0 Å². The second-order valence-electron chi connectivity index (χ2n) is 16.6. The quantitative estimate of drug-likeness (QED) is 0.166. The summed E-state index contributed by atoms with van der Waals surface area (Å²) < 4.78 is 13.5. The Labute approximate surface area is 370 Å². The van der Waals surface area contributed by atoms with Gasteiger partial charge < -0.3 is 0 Å². The molecule has 0 radical (unpaired) electrons. The van der Waals surface area contributed by atoms with E-state index in [0.29, 0.717) is 5.92 Å². The molecule has 312 valence electrons. The first-order valence-electron chi connectivity index (χ1n) is 21.5. The molecule has 7 aromatic carbocycles. The molecular weight excluding hydrogens is 760 g/mol. The van der Waals surface area contributed by atoms with Crippen LogP contribution in [0.15, 0.2) is 164 Å². The molecule has 0 aliphatic heterocycles. The van der Waals surface area contributed by atoms with Gasteiger partial charge in [-0.25, -0.2) is 4.39 Å². The predicted octanol–water partition coefficient (Wildman–Crippen LogP) is 17.8. The van der Waals surface area contributed by atoms with Gasteiger partial charge in [-0.3, -0.25) is 0 Å². The van der Waals surface area contributed by atoms with Crippen LogP contribution in [0.3, 0.4) is 0 Å². The average Bonchev–Trinajstić information content (AvgIpc) is 3.72. The third kappa shape index (κ3) is 11.7. The van der Waals surface area contributed by atoms with Crippen molar-refractivity contribution < 1.29 is 4.39 Å². The Kier molecular flexibility index (Phi) is 16.4. The Morgan fingerprint density at radius 1 is 0.639 bits per heavy atom. The number of aryl methyl sites for hydroxylation is 5. The van der Waals surface area contributed by atoms with Crippen molar-refractivity contribution in [3.05, 3.63) is 225 Å². The lowest BCUT2D eigenvalue weighted by molar-refractivity contribution is 0.626. The lowest BCUT2D eigenvalue weighted by Crippen LogP contribution is -2.15. The maximum absolute atomic E-state index is 12.2. The van der Waals surface area contributed by atoms with Crippen LogP contribution in [0, 0.1) is 33.5 Å². The maximum Gasteiger partial charge on any atom is 0.123 e. The van der Waals surface area contributed by atoms with Crippen molar-refractivity contribution in [2.45, 2.75) is 87.0 Å². The Morgan fingerprint density at radius 3 is 1.80 bits per heavy atom. The number of thiophene rings is 1. The minimum Gasteiger partial charge on any atom is -0.207 e. The second kappa shape index (κ2) is 21.6. The third-order valence-corrected chi connectivity index (χ3v) is 12.4. The molecule has 1 aliphatic carbocycles. The molecule has 0 unspecified atom stereocenters. The standard InChI is InChI=1S/C21H20.C16H18S.C8H10.C7H7F.C7H8/c1-13-9-10-17-18(11-13)21(3,4)19-12-14(2)15-7-5-6-8-16(15)20(17)19;1-5-7-13-14-10-12(11(3)4)8-9-16(14)17-15(13)6-2;1-2-8-6-4-3-5-7-8;1-6-3-2-4-7(8)5-6;1-7-5-3-2-4-6-7/h5-12H,1-4H3;5-11H,2H2,1,3-4H3;3-7H,2H2,1H3;2-5H,1H3;2-6H,1H3/b;7-5-;;;. The number of hydrogen-bond acceptors (Lipinski definition) is 1. The molecule has 1 aromatic heterocycles. The molecule has 9 rings (SSSR count). The average molecular weight is 823 g/mol. The molecule has 0 nitrogen and oxygen atoms in total. The fourth-order valence-corrected chi connectivity index (χ4v) is 8.76. The van der Waals surface area contributed by atoms with Gasteiger partial charge in [0, 0.05) is 20.4 Å². The molecule has 0 fully saturated rings. The summed E-state index contributed by atoms with van der Waals surface area (Å²) >= 11 is 1.81. The van der Waals surface area contributed by atoms with Crippen LogP contribution in [-0.2, 0) is 11.8 Å². The summed E-state index contributed by atoms with van der Waals surface area (Å²) in [5.41, 5.74) is 15.0. The van der Waals surface area contributed by atoms with Crippen molar-refractivity contribution >= 4 is 44.3 Å². The molecule has 0 amide bonds. The summed E-state index contributed by atoms with van der Waals surface area (Å²) in [5, 5.41) is 4.12. The Balaban J connectivity index is 0.000000156. The van der Waals surface area contributed by atoms with E-state index < -0.39 is 0 Å². The van der Waals surface area contributed by atoms with E-state index in [9.17, 15) is 4.39 Å². The molecule has 0 saturated heterocycles. The first-order valence-corrected chi connectivity index (χ1v) is 22.3. The van der Waals surface area contributed by atoms with Gasteiger partial charge in [0.1, 0.15) is 5.82 Å². The van der Waals surface area contributed by atoms with Gasteiger partial charge >= 0.3 is 0 Å². The zero-order valence-electron chi connectivity index (χ0n) is 37.9. The normalized spacial score (nSPS) is 11.9. The molecule has 0 bridgehead atoms. The first-order chi connectivity index (χ1) is 29.3. The number of rotatable bonds is 4. The molecule has 8 aromatic rings. The zero-order chi connectivity index (χ0) is 44.1. The molecule has 1 aliphatic rings. The van der Waals surface area contributed by atoms with E-state index >= 15 is 0 Å². The van der Waals surface area contributed by atoms with Crippen molar-refractivity contribution in [3.8, 4) is 11.1 Å². The minimum atomic E-state index is -0.162. The van der Waals surface area contributed by atoms with Gasteiger partial charge in [0.2, 0.25) is 0 Å². The minimum absolute atomic E-state index is 0.0888. The first kappa shape index (κ1) is 46.2. The van der Waals surface area contributed by atoms with E-state index in [0.717, 1.165) is 12.0 Å².